The van der Waals surface area contributed by atoms with E-state index in [0.29, 0.717) is 36.9 Å². The number of carbonyl (C=O) groups excluding carboxylic acids is 6. The molecule has 0 saturated carbocycles. The zero-order chi connectivity index (χ0) is 43.2. The van der Waals surface area contributed by atoms with E-state index in [9.17, 15) is 38.7 Å². The highest BCUT2D eigenvalue weighted by molar-refractivity contribution is 5.97. The number of unbranched alkanes of at least 4 members (excludes halogenated alkanes) is 1. The third-order valence-corrected chi connectivity index (χ3v) is 8.98. The van der Waals surface area contributed by atoms with Crippen LogP contribution in [0.2, 0.25) is 0 Å². The number of hydrogen-bond donors (Lipinski definition) is 11. The van der Waals surface area contributed by atoms with E-state index in [1.165, 1.54) is 0 Å². The molecule has 2 aromatic rings. The Hall–Kier alpha value is -6.08. The summed E-state index contributed by atoms with van der Waals surface area (Å²) >= 11 is 0. The van der Waals surface area contributed by atoms with E-state index in [1.807, 2.05) is 0 Å². The highest BCUT2D eigenvalue weighted by Gasteiger charge is 2.34. The third-order valence-electron chi connectivity index (χ3n) is 8.98. The molecule has 58 heavy (non-hydrogen) atoms. The van der Waals surface area contributed by atoms with Crippen LogP contribution in [-0.4, -0.2) is 102 Å². The number of nitrogens with two attached hydrogens (primary N) is 5. The molecular formula is C39H59N11O8. The predicted molar refractivity (Wildman–Crippen MR) is 217 cm³/mol. The van der Waals surface area contributed by atoms with E-state index in [0.717, 1.165) is 0 Å². The fourth-order valence-electron chi connectivity index (χ4n) is 5.80. The molecule has 318 valence electrons. The molecule has 0 aliphatic rings. The Morgan fingerprint density at radius 3 is 1.59 bits per heavy atom. The zero-order valence-electron chi connectivity index (χ0n) is 33.0. The maximum absolute atomic E-state index is 14.0. The van der Waals surface area contributed by atoms with Crippen LogP contribution in [0.3, 0.4) is 0 Å². The molecule has 19 heteroatoms. The first-order chi connectivity index (χ1) is 27.5. The van der Waals surface area contributed by atoms with Crippen molar-refractivity contribution < 1.29 is 38.7 Å². The minimum Gasteiger partial charge on any atom is -0.480 e. The number of carboxylic acid groups (broad SMARTS) is 1. The van der Waals surface area contributed by atoms with Crippen molar-refractivity contribution in [2.45, 2.75) is 101 Å². The Morgan fingerprint density at radius 1 is 0.621 bits per heavy atom. The molecule has 0 aliphatic heterocycles. The van der Waals surface area contributed by atoms with Crippen LogP contribution in [0.1, 0.15) is 63.5 Å². The molecule has 6 atom stereocenters. The zero-order valence-corrected chi connectivity index (χ0v) is 33.0. The van der Waals surface area contributed by atoms with Gasteiger partial charge in [0.2, 0.25) is 35.4 Å². The van der Waals surface area contributed by atoms with Gasteiger partial charge in [-0.05, 0) is 55.7 Å². The Bertz CT molecular complexity index is 1690. The van der Waals surface area contributed by atoms with Crippen molar-refractivity contribution in [1.29, 1.82) is 0 Å². The number of carboxylic acids is 1. The lowest BCUT2D eigenvalue weighted by Gasteiger charge is -2.28. The number of hydrogen-bond acceptors (Lipinski definition) is 10. The predicted octanol–water partition coefficient (Wildman–Crippen LogP) is -1.98. The summed E-state index contributed by atoms with van der Waals surface area (Å²) in [4.78, 5) is 96.0. The van der Waals surface area contributed by atoms with Gasteiger partial charge in [0.1, 0.15) is 30.2 Å². The molecule has 0 aromatic heterocycles. The number of benzene rings is 2. The second kappa shape index (κ2) is 25.2. The molecule has 19 nitrogen and oxygen atoms in total. The molecule has 0 bridgehead atoms. The minimum absolute atomic E-state index is 0.0495. The second-order valence-electron chi connectivity index (χ2n) is 14.2. The summed E-state index contributed by atoms with van der Waals surface area (Å²) in [5.74, 6) is -6.81. The Morgan fingerprint density at radius 2 is 1.10 bits per heavy atom. The molecule has 16 N–H and O–H groups in total. The highest BCUT2D eigenvalue weighted by Crippen LogP contribution is 2.11. The monoisotopic (exact) mass is 809 g/mol. The highest BCUT2D eigenvalue weighted by atomic mass is 16.4. The van der Waals surface area contributed by atoms with Crippen molar-refractivity contribution in [1.82, 2.24) is 26.6 Å². The van der Waals surface area contributed by atoms with Crippen molar-refractivity contribution in [3.8, 4) is 0 Å². The van der Waals surface area contributed by atoms with Crippen LogP contribution >= 0.6 is 0 Å². The topological polar surface area (TPSA) is 342 Å². The summed E-state index contributed by atoms with van der Waals surface area (Å²) in [7, 11) is 0. The van der Waals surface area contributed by atoms with Gasteiger partial charge in [-0.15, -0.1) is 0 Å². The number of rotatable bonds is 26. The van der Waals surface area contributed by atoms with E-state index in [-0.39, 0.29) is 38.2 Å². The van der Waals surface area contributed by atoms with Crippen LogP contribution in [0, 0.1) is 5.92 Å². The Labute approximate surface area is 338 Å². The molecule has 0 heterocycles. The quantitative estimate of drug-likeness (QED) is 0.0280. The Balaban J connectivity index is 2.34. The first-order valence-corrected chi connectivity index (χ1v) is 19.1. The van der Waals surface area contributed by atoms with E-state index in [2.05, 4.69) is 31.6 Å². The lowest BCUT2D eigenvalue weighted by molar-refractivity contribution is -0.142. The Kier molecular flexibility index (Phi) is 20.9. The summed E-state index contributed by atoms with van der Waals surface area (Å²) in [5.41, 5.74) is 29.1. The van der Waals surface area contributed by atoms with Gasteiger partial charge in [0.05, 0.1) is 12.5 Å². The van der Waals surface area contributed by atoms with Gasteiger partial charge in [0, 0.05) is 19.4 Å². The van der Waals surface area contributed by atoms with Crippen LogP contribution in [-0.2, 0) is 46.4 Å². The minimum atomic E-state index is -1.59. The largest absolute Gasteiger partial charge is 0.480 e. The van der Waals surface area contributed by atoms with Crippen LogP contribution < -0.4 is 55.3 Å². The van der Waals surface area contributed by atoms with Gasteiger partial charge in [-0.1, -0.05) is 74.5 Å². The molecular weight excluding hydrogens is 750 g/mol. The third kappa shape index (κ3) is 17.8. The van der Waals surface area contributed by atoms with Gasteiger partial charge in [0.15, 0.2) is 5.96 Å². The summed E-state index contributed by atoms with van der Waals surface area (Å²) in [6.07, 6.45) is 0.900. The van der Waals surface area contributed by atoms with Gasteiger partial charge in [0.25, 0.3) is 0 Å². The van der Waals surface area contributed by atoms with Crippen molar-refractivity contribution in [3.63, 3.8) is 0 Å². The van der Waals surface area contributed by atoms with E-state index < -0.39 is 90.0 Å². The summed E-state index contributed by atoms with van der Waals surface area (Å²) in [5, 5.41) is 22.6. The van der Waals surface area contributed by atoms with Crippen molar-refractivity contribution in [3.05, 3.63) is 71.8 Å². The number of nitrogens with one attached hydrogen (secondary N) is 5. The van der Waals surface area contributed by atoms with Crippen molar-refractivity contribution in [2.24, 2.45) is 39.6 Å². The first kappa shape index (κ1) is 48.1. The summed E-state index contributed by atoms with van der Waals surface area (Å²) in [6, 6.07) is 9.87. The molecule has 0 fully saturated rings. The number of amides is 6. The molecule has 0 aliphatic carbocycles. The van der Waals surface area contributed by atoms with Crippen molar-refractivity contribution >= 4 is 47.4 Å². The number of nitrogens with zero attached hydrogens (tertiary/aromatic N) is 1. The molecule has 0 spiro atoms. The first-order valence-electron chi connectivity index (χ1n) is 19.1. The molecule has 6 amide bonds. The van der Waals surface area contributed by atoms with Gasteiger partial charge >= 0.3 is 5.97 Å². The van der Waals surface area contributed by atoms with Gasteiger partial charge in [-0.2, -0.15) is 0 Å². The van der Waals surface area contributed by atoms with Gasteiger partial charge in [-0.3, -0.25) is 33.8 Å². The summed E-state index contributed by atoms with van der Waals surface area (Å²) in [6.45, 7) is 3.92. The van der Waals surface area contributed by atoms with Gasteiger partial charge < -0.3 is 60.4 Å². The second-order valence-corrected chi connectivity index (χ2v) is 14.2. The maximum Gasteiger partial charge on any atom is 0.326 e. The lowest BCUT2D eigenvalue weighted by atomic mass is 9.99. The standard InChI is InChI=1S/C39H59N11O8/c1-23(2)32(50-36(55)29(21-25-14-7-4-8-15-25)47-33(52)26(41)16-11-19-45-39(43)44)37(56)49-28(20-24-12-5-3-6-13-24)34(53)48-30(22-31(42)51)35(54)46-27(38(57)58)17-9-10-18-40/h3-8,12-15,23,26-30,32H,9-11,16-22,40-41H2,1-2H3,(H2,42,51)(H,46,54)(H,47,52)(H,48,53)(H,49,56)(H,50,55)(H,57,58)(H4,43,44,45). The molecule has 6 unspecified atom stereocenters. The number of aliphatic carboxylic acids is 1. The van der Waals surface area contributed by atoms with Crippen molar-refractivity contribution in [2.75, 3.05) is 13.1 Å². The fourth-order valence-corrected chi connectivity index (χ4v) is 5.80. The molecule has 2 rings (SSSR count). The number of primary amides is 1. The SMILES string of the molecule is CC(C)C(NC(=O)C(Cc1ccccc1)NC(=O)C(N)CCCN=C(N)N)C(=O)NC(Cc1ccccc1)C(=O)NC(CC(N)=O)C(=O)NC(CCCCN)C(=O)O. The van der Waals surface area contributed by atoms with Gasteiger partial charge in [-0.25, -0.2) is 4.79 Å². The average molecular weight is 810 g/mol. The molecule has 0 radical (unpaired) electrons. The summed E-state index contributed by atoms with van der Waals surface area (Å²) < 4.78 is 0. The van der Waals surface area contributed by atoms with Crippen LogP contribution in [0.25, 0.3) is 0 Å². The van der Waals surface area contributed by atoms with Crippen LogP contribution in [0.5, 0.6) is 0 Å². The van der Waals surface area contributed by atoms with E-state index >= 15 is 0 Å². The number of aliphatic imine (C=N–C) groups is 1. The molecule has 2 aromatic carbocycles. The maximum atomic E-state index is 14.0. The number of carbonyl (C=O) groups is 7. The van der Waals surface area contributed by atoms with E-state index in [1.54, 1.807) is 74.5 Å². The van der Waals surface area contributed by atoms with Crippen LogP contribution in [0.15, 0.2) is 65.7 Å². The van der Waals surface area contributed by atoms with Crippen LogP contribution in [0.4, 0.5) is 0 Å². The average Bonchev–Trinajstić information content (AvgIpc) is 3.17. The lowest BCUT2D eigenvalue weighted by Crippen LogP contribution is -2.61. The fraction of sp³-hybridized carbons (Fsp3) is 0.487. The normalized spacial score (nSPS) is 14.0. The molecule has 0 saturated heterocycles. The van der Waals surface area contributed by atoms with E-state index in [4.69, 9.17) is 28.7 Å². The number of guanidine groups is 1. The smallest absolute Gasteiger partial charge is 0.326 e.